The highest BCUT2D eigenvalue weighted by Gasteiger charge is 2.23. The molecular formula is C15H19FN4O. The summed E-state index contributed by atoms with van der Waals surface area (Å²) in [6.45, 7) is 3.00. The fourth-order valence-electron chi connectivity index (χ4n) is 2.52. The first kappa shape index (κ1) is 14.2. The van der Waals surface area contributed by atoms with E-state index < -0.39 is 0 Å². The molecule has 1 aliphatic rings. The molecule has 0 radical (unpaired) electrons. The largest absolute Gasteiger partial charge is 0.391 e. The van der Waals surface area contributed by atoms with Gasteiger partial charge in [-0.1, -0.05) is 0 Å². The maximum atomic E-state index is 12.9. The fourth-order valence-corrected chi connectivity index (χ4v) is 2.52. The number of aliphatic hydroxyl groups is 1. The molecule has 5 nitrogen and oxygen atoms in total. The second-order valence-corrected chi connectivity index (χ2v) is 5.39. The molecule has 0 bridgehead atoms. The van der Waals surface area contributed by atoms with Gasteiger partial charge in [-0.15, -0.1) is 0 Å². The van der Waals surface area contributed by atoms with Gasteiger partial charge in [0.15, 0.2) is 0 Å². The summed E-state index contributed by atoms with van der Waals surface area (Å²) < 4.78 is 14.6. The minimum Gasteiger partial charge on any atom is -0.391 e. The number of aromatic nitrogens is 2. The summed E-state index contributed by atoms with van der Waals surface area (Å²) >= 11 is 0. The van der Waals surface area contributed by atoms with Crippen molar-refractivity contribution in [3.05, 3.63) is 48.0 Å². The van der Waals surface area contributed by atoms with Crippen molar-refractivity contribution in [2.24, 2.45) is 5.92 Å². The zero-order chi connectivity index (χ0) is 14.7. The predicted molar refractivity (Wildman–Crippen MR) is 77.6 cm³/mol. The lowest BCUT2D eigenvalue weighted by molar-refractivity contribution is 0.146. The molecule has 3 N–H and O–H groups in total. The van der Waals surface area contributed by atoms with Crippen LogP contribution in [0.15, 0.2) is 36.7 Å². The van der Waals surface area contributed by atoms with Gasteiger partial charge in [0, 0.05) is 43.9 Å². The maximum Gasteiger partial charge on any atom is 0.123 e. The Hall–Kier alpha value is -1.76. The van der Waals surface area contributed by atoms with Crippen LogP contribution in [0.4, 0.5) is 4.39 Å². The lowest BCUT2D eigenvalue weighted by Crippen LogP contribution is -2.30. The quantitative estimate of drug-likeness (QED) is 0.758. The van der Waals surface area contributed by atoms with Crippen molar-refractivity contribution in [3.8, 4) is 5.69 Å². The van der Waals surface area contributed by atoms with Crippen molar-refractivity contribution in [2.45, 2.75) is 12.6 Å². The second-order valence-electron chi connectivity index (χ2n) is 5.39. The van der Waals surface area contributed by atoms with Crippen molar-refractivity contribution in [3.63, 3.8) is 0 Å². The number of aliphatic hydroxyl groups excluding tert-OH is 1. The normalized spacial score (nSPS) is 21.8. The average Bonchev–Trinajstić information content (AvgIpc) is 3.10. The van der Waals surface area contributed by atoms with Gasteiger partial charge in [-0.25, -0.2) is 9.07 Å². The number of hydrogen-bond acceptors (Lipinski definition) is 4. The van der Waals surface area contributed by atoms with E-state index in [9.17, 15) is 9.50 Å². The number of benzene rings is 1. The van der Waals surface area contributed by atoms with E-state index in [0.29, 0.717) is 13.1 Å². The molecule has 2 unspecified atom stereocenters. The third-order valence-electron chi connectivity index (χ3n) is 3.77. The van der Waals surface area contributed by atoms with Crippen LogP contribution in [0, 0.1) is 11.7 Å². The lowest BCUT2D eigenvalue weighted by atomic mass is 10.1. The summed E-state index contributed by atoms with van der Waals surface area (Å²) in [4.78, 5) is 0. The van der Waals surface area contributed by atoms with Crippen LogP contribution in [-0.4, -0.2) is 40.6 Å². The average molecular weight is 290 g/mol. The van der Waals surface area contributed by atoms with E-state index in [1.807, 2.05) is 6.20 Å². The van der Waals surface area contributed by atoms with E-state index in [2.05, 4.69) is 15.7 Å². The van der Waals surface area contributed by atoms with Crippen LogP contribution in [0.3, 0.4) is 0 Å². The van der Waals surface area contributed by atoms with Gasteiger partial charge in [0.05, 0.1) is 18.0 Å². The Labute approximate surface area is 122 Å². The molecule has 0 aliphatic carbocycles. The molecule has 0 saturated carbocycles. The molecule has 2 aromatic rings. The van der Waals surface area contributed by atoms with Gasteiger partial charge in [-0.2, -0.15) is 5.10 Å². The Kier molecular flexibility index (Phi) is 4.28. The number of nitrogens with zero attached hydrogens (tertiary/aromatic N) is 2. The highest BCUT2D eigenvalue weighted by Crippen LogP contribution is 2.10. The summed E-state index contributed by atoms with van der Waals surface area (Å²) in [6.07, 6.45) is 3.45. The van der Waals surface area contributed by atoms with Crippen LogP contribution >= 0.6 is 0 Å². The number of hydrogen-bond donors (Lipinski definition) is 3. The molecule has 2 atom stereocenters. The van der Waals surface area contributed by atoms with Crippen LogP contribution in [0.2, 0.25) is 0 Å². The zero-order valence-electron chi connectivity index (χ0n) is 11.7. The monoisotopic (exact) mass is 290 g/mol. The van der Waals surface area contributed by atoms with Gasteiger partial charge in [0.2, 0.25) is 0 Å². The molecule has 3 rings (SSSR count). The van der Waals surface area contributed by atoms with Crippen molar-refractivity contribution in [1.82, 2.24) is 20.4 Å². The van der Waals surface area contributed by atoms with Gasteiger partial charge < -0.3 is 15.7 Å². The molecule has 0 spiro atoms. The van der Waals surface area contributed by atoms with E-state index in [1.165, 1.54) is 12.1 Å². The molecule has 2 heterocycles. The van der Waals surface area contributed by atoms with Crippen LogP contribution in [0.5, 0.6) is 0 Å². The smallest absolute Gasteiger partial charge is 0.123 e. The highest BCUT2D eigenvalue weighted by atomic mass is 19.1. The minimum absolute atomic E-state index is 0.253. The van der Waals surface area contributed by atoms with Gasteiger partial charge in [-0.05, 0) is 24.3 Å². The summed E-state index contributed by atoms with van der Waals surface area (Å²) in [5, 5.41) is 20.5. The first-order valence-electron chi connectivity index (χ1n) is 7.11. The molecule has 21 heavy (non-hydrogen) atoms. The molecule has 1 fully saturated rings. The van der Waals surface area contributed by atoms with E-state index in [-0.39, 0.29) is 17.8 Å². The van der Waals surface area contributed by atoms with Crippen molar-refractivity contribution in [1.29, 1.82) is 0 Å². The van der Waals surface area contributed by atoms with Crippen molar-refractivity contribution < 1.29 is 9.50 Å². The number of nitrogens with one attached hydrogen (secondary N) is 2. The first-order chi connectivity index (χ1) is 10.2. The molecule has 1 saturated heterocycles. The van der Waals surface area contributed by atoms with E-state index in [1.54, 1.807) is 23.0 Å². The maximum absolute atomic E-state index is 12.9. The third kappa shape index (κ3) is 3.47. The predicted octanol–water partition coefficient (Wildman–Crippen LogP) is 0.681. The minimum atomic E-state index is -0.264. The van der Waals surface area contributed by atoms with Gasteiger partial charge >= 0.3 is 0 Å². The number of β-amino-alcohol motifs (C(OH)–C–C–N with tert-alkyl or cyclic N) is 1. The van der Waals surface area contributed by atoms with Crippen LogP contribution in [-0.2, 0) is 6.54 Å². The molecule has 112 valence electrons. The van der Waals surface area contributed by atoms with Crippen molar-refractivity contribution in [2.75, 3.05) is 19.6 Å². The van der Waals surface area contributed by atoms with Crippen LogP contribution < -0.4 is 10.6 Å². The zero-order valence-corrected chi connectivity index (χ0v) is 11.7. The van der Waals surface area contributed by atoms with Crippen molar-refractivity contribution >= 4 is 0 Å². The molecule has 1 aromatic carbocycles. The fraction of sp³-hybridized carbons (Fsp3) is 0.400. The number of rotatable bonds is 5. The summed E-state index contributed by atoms with van der Waals surface area (Å²) in [7, 11) is 0. The summed E-state index contributed by atoms with van der Waals surface area (Å²) in [6, 6.07) is 6.23. The highest BCUT2D eigenvalue weighted by molar-refractivity contribution is 5.31. The molecule has 6 heteroatoms. The lowest BCUT2D eigenvalue weighted by Gasteiger charge is -2.13. The molecule has 1 aliphatic heterocycles. The Morgan fingerprint density at radius 1 is 1.33 bits per heavy atom. The van der Waals surface area contributed by atoms with Gasteiger partial charge in [-0.3, -0.25) is 0 Å². The topological polar surface area (TPSA) is 62.1 Å². The summed E-state index contributed by atoms with van der Waals surface area (Å²) in [5.41, 5.74) is 1.89. The Morgan fingerprint density at radius 3 is 2.86 bits per heavy atom. The molecular weight excluding hydrogens is 271 g/mol. The molecule has 1 aromatic heterocycles. The van der Waals surface area contributed by atoms with E-state index in [4.69, 9.17) is 0 Å². The van der Waals surface area contributed by atoms with E-state index >= 15 is 0 Å². The Bertz CT molecular complexity index is 584. The van der Waals surface area contributed by atoms with E-state index in [0.717, 1.165) is 24.3 Å². The SMILES string of the molecule is OC1CNCC1CNCc1cnn(-c2ccc(F)cc2)c1. The first-order valence-corrected chi connectivity index (χ1v) is 7.11. The number of halogens is 1. The Balaban J connectivity index is 1.54. The van der Waals surface area contributed by atoms with Gasteiger partial charge in [0.25, 0.3) is 0 Å². The Morgan fingerprint density at radius 2 is 2.14 bits per heavy atom. The second kappa shape index (κ2) is 6.34. The van der Waals surface area contributed by atoms with Crippen LogP contribution in [0.25, 0.3) is 5.69 Å². The standard InChI is InChI=1S/C15H19FN4O/c16-13-1-3-14(4-2-13)20-10-11(6-19-20)5-17-7-12-8-18-9-15(12)21/h1-4,6,10,12,15,17-18,21H,5,7-9H2. The summed E-state index contributed by atoms with van der Waals surface area (Å²) in [5.74, 6) is 0.00803. The van der Waals surface area contributed by atoms with Gasteiger partial charge in [0.1, 0.15) is 5.82 Å². The third-order valence-corrected chi connectivity index (χ3v) is 3.77. The molecule has 0 amide bonds. The van der Waals surface area contributed by atoms with Crippen LogP contribution in [0.1, 0.15) is 5.56 Å².